The van der Waals surface area contributed by atoms with Crippen molar-refractivity contribution in [2.45, 2.75) is 25.7 Å². The Morgan fingerprint density at radius 2 is 1.74 bits per heavy atom. The molecular formula is C27H28N4O2S. The van der Waals surface area contributed by atoms with E-state index in [1.807, 2.05) is 60.0 Å². The van der Waals surface area contributed by atoms with E-state index in [0.717, 1.165) is 24.0 Å². The maximum atomic E-state index is 13.3. The fourth-order valence-corrected chi connectivity index (χ4v) is 5.32. The molecule has 0 spiro atoms. The molecule has 1 atom stereocenters. The second-order valence-corrected chi connectivity index (χ2v) is 9.76. The predicted octanol–water partition coefficient (Wildman–Crippen LogP) is 4.58. The van der Waals surface area contributed by atoms with E-state index >= 15 is 0 Å². The first-order valence-electron chi connectivity index (χ1n) is 11.7. The number of carbonyl (C=O) groups excluding carboxylic acids is 1. The quantitative estimate of drug-likeness (QED) is 0.446. The summed E-state index contributed by atoms with van der Waals surface area (Å²) in [5.41, 5.74) is 2.72. The number of hydrogen-bond donors (Lipinski definition) is 1. The van der Waals surface area contributed by atoms with Crippen LogP contribution in [-0.2, 0) is 4.79 Å². The number of hydrogen-bond acceptors (Lipinski definition) is 5. The van der Waals surface area contributed by atoms with E-state index in [1.165, 1.54) is 16.9 Å². The summed E-state index contributed by atoms with van der Waals surface area (Å²) in [7, 11) is 0. The number of para-hydroxylation sites is 1. The molecule has 2 aromatic carbocycles. The highest BCUT2D eigenvalue weighted by atomic mass is 32.1. The number of piperidine rings is 1. The highest BCUT2D eigenvalue weighted by molar-refractivity contribution is 7.17. The Kier molecular flexibility index (Phi) is 6.45. The summed E-state index contributed by atoms with van der Waals surface area (Å²) in [6.07, 6.45) is 1.47. The van der Waals surface area contributed by atoms with Crippen molar-refractivity contribution in [1.82, 2.24) is 14.9 Å². The Bertz CT molecular complexity index is 1330. The number of anilines is 1. The van der Waals surface area contributed by atoms with Gasteiger partial charge in [0, 0.05) is 25.6 Å². The van der Waals surface area contributed by atoms with E-state index < -0.39 is 0 Å². The van der Waals surface area contributed by atoms with Crippen LogP contribution in [-0.4, -0.2) is 35.1 Å². The van der Waals surface area contributed by atoms with Crippen LogP contribution in [0.25, 0.3) is 15.9 Å². The number of nitrogens with zero attached hydrogens (tertiary/aromatic N) is 3. The van der Waals surface area contributed by atoms with E-state index in [2.05, 4.69) is 29.3 Å². The van der Waals surface area contributed by atoms with Crippen LogP contribution < -0.4 is 15.8 Å². The smallest absolute Gasteiger partial charge is 0.277 e. The maximum absolute atomic E-state index is 13.3. The average Bonchev–Trinajstić information content (AvgIpc) is 3.37. The number of rotatable bonds is 6. The zero-order chi connectivity index (χ0) is 23.5. The van der Waals surface area contributed by atoms with Crippen LogP contribution in [0, 0.1) is 5.92 Å². The van der Waals surface area contributed by atoms with Crippen molar-refractivity contribution in [2.75, 3.05) is 24.5 Å². The van der Waals surface area contributed by atoms with Gasteiger partial charge in [-0.25, -0.2) is 9.55 Å². The molecule has 0 unspecified atom stereocenters. The third-order valence-corrected chi connectivity index (χ3v) is 7.47. The molecule has 1 N–H and O–H groups in total. The molecule has 7 heteroatoms. The second-order valence-electron chi connectivity index (χ2n) is 8.84. The molecule has 2 aromatic heterocycles. The van der Waals surface area contributed by atoms with E-state index in [1.54, 1.807) is 4.57 Å². The van der Waals surface area contributed by atoms with Crippen LogP contribution in [0.2, 0.25) is 0 Å². The average molecular weight is 473 g/mol. The lowest BCUT2D eigenvalue weighted by atomic mass is 9.95. The molecule has 0 saturated carbocycles. The van der Waals surface area contributed by atoms with E-state index in [0.29, 0.717) is 30.3 Å². The minimum atomic E-state index is -0.0454. The molecular weight excluding hydrogens is 444 g/mol. The summed E-state index contributed by atoms with van der Waals surface area (Å²) in [5, 5.41) is 5.05. The fraction of sp³-hybridized carbons (Fsp3) is 0.296. The predicted molar refractivity (Wildman–Crippen MR) is 138 cm³/mol. The van der Waals surface area contributed by atoms with Gasteiger partial charge in [-0.1, -0.05) is 55.5 Å². The van der Waals surface area contributed by atoms with E-state index in [9.17, 15) is 9.59 Å². The minimum absolute atomic E-state index is 0.0269. The molecule has 0 bridgehead atoms. The number of aromatic nitrogens is 2. The van der Waals surface area contributed by atoms with Crippen LogP contribution in [0.1, 0.15) is 31.2 Å². The largest absolute Gasteiger partial charge is 0.355 e. The Balaban J connectivity index is 1.30. The van der Waals surface area contributed by atoms with Gasteiger partial charge in [0.25, 0.3) is 5.56 Å². The molecule has 3 heterocycles. The highest BCUT2D eigenvalue weighted by Gasteiger charge is 2.28. The molecule has 5 rings (SSSR count). The molecule has 4 aromatic rings. The summed E-state index contributed by atoms with van der Waals surface area (Å²) in [6, 6.07) is 21.8. The lowest BCUT2D eigenvalue weighted by Crippen LogP contribution is -2.43. The van der Waals surface area contributed by atoms with Gasteiger partial charge in [-0.15, -0.1) is 11.3 Å². The molecule has 6 nitrogen and oxygen atoms in total. The van der Waals surface area contributed by atoms with Crippen LogP contribution in [0.4, 0.5) is 5.95 Å². The lowest BCUT2D eigenvalue weighted by molar-refractivity contribution is -0.125. The molecule has 1 amide bonds. The van der Waals surface area contributed by atoms with Gasteiger partial charge in [0.05, 0.1) is 11.2 Å². The number of fused-ring (bicyclic) bond motifs is 1. The summed E-state index contributed by atoms with van der Waals surface area (Å²) < 4.78 is 2.37. The third kappa shape index (κ3) is 4.48. The second kappa shape index (κ2) is 9.81. The van der Waals surface area contributed by atoms with Gasteiger partial charge >= 0.3 is 0 Å². The first-order valence-corrected chi connectivity index (χ1v) is 12.6. The van der Waals surface area contributed by atoms with Crippen molar-refractivity contribution < 1.29 is 4.79 Å². The molecule has 1 aliphatic rings. The van der Waals surface area contributed by atoms with Gasteiger partial charge in [-0.2, -0.15) is 0 Å². The van der Waals surface area contributed by atoms with Gasteiger partial charge in [-0.05, 0) is 47.9 Å². The molecule has 174 valence electrons. The van der Waals surface area contributed by atoms with Gasteiger partial charge in [0.2, 0.25) is 11.9 Å². The Hall–Kier alpha value is -3.45. The summed E-state index contributed by atoms with van der Waals surface area (Å²) in [4.78, 5) is 33.2. The van der Waals surface area contributed by atoms with Crippen LogP contribution >= 0.6 is 11.3 Å². The van der Waals surface area contributed by atoms with Crippen LogP contribution in [0.5, 0.6) is 0 Å². The highest BCUT2D eigenvalue weighted by Crippen LogP contribution is 2.26. The summed E-state index contributed by atoms with van der Waals surface area (Å²) in [6.45, 7) is 4.13. The molecule has 34 heavy (non-hydrogen) atoms. The zero-order valence-electron chi connectivity index (χ0n) is 19.2. The lowest BCUT2D eigenvalue weighted by Gasteiger charge is -2.33. The number of carbonyl (C=O) groups is 1. The van der Waals surface area contributed by atoms with E-state index in [4.69, 9.17) is 4.98 Å². The fourth-order valence-electron chi connectivity index (χ4n) is 4.56. The molecule has 0 radical (unpaired) electrons. The summed E-state index contributed by atoms with van der Waals surface area (Å²) >= 11 is 1.42. The van der Waals surface area contributed by atoms with Crippen molar-refractivity contribution in [3.8, 4) is 5.69 Å². The van der Waals surface area contributed by atoms with Gasteiger partial charge in [0.15, 0.2) is 0 Å². The standard InChI is InChI=1S/C27H28N4O2S/c1-19(20-8-4-2-5-9-20)18-28-25(32)21-12-15-30(16-13-21)27-29-23-14-17-34-24(23)26(33)31(27)22-10-6-3-7-11-22/h2-11,14,17,19,21H,12-13,15-16,18H2,1H3,(H,28,32)/t19-/m1/s1. The van der Waals surface area contributed by atoms with Gasteiger partial charge in [0.1, 0.15) is 4.70 Å². The van der Waals surface area contributed by atoms with E-state index in [-0.39, 0.29) is 23.3 Å². The Labute approximate surface area is 202 Å². The zero-order valence-corrected chi connectivity index (χ0v) is 20.0. The first kappa shape index (κ1) is 22.3. The van der Waals surface area contributed by atoms with Crippen molar-refractivity contribution in [1.29, 1.82) is 0 Å². The van der Waals surface area contributed by atoms with Gasteiger partial charge < -0.3 is 10.2 Å². The molecule has 1 aliphatic heterocycles. The van der Waals surface area contributed by atoms with Crippen molar-refractivity contribution in [3.63, 3.8) is 0 Å². The monoisotopic (exact) mass is 472 g/mol. The van der Waals surface area contributed by atoms with Crippen LogP contribution in [0.3, 0.4) is 0 Å². The Morgan fingerprint density at radius 3 is 2.44 bits per heavy atom. The minimum Gasteiger partial charge on any atom is -0.355 e. The van der Waals surface area contributed by atoms with Gasteiger partial charge in [-0.3, -0.25) is 9.59 Å². The Morgan fingerprint density at radius 1 is 1.06 bits per heavy atom. The number of thiophene rings is 1. The number of amides is 1. The molecule has 1 saturated heterocycles. The van der Waals surface area contributed by atoms with Crippen molar-refractivity contribution in [3.05, 3.63) is 88.0 Å². The van der Waals surface area contributed by atoms with Crippen molar-refractivity contribution in [2.24, 2.45) is 5.92 Å². The number of benzene rings is 2. The third-order valence-electron chi connectivity index (χ3n) is 6.58. The van der Waals surface area contributed by atoms with Crippen LogP contribution in [0.15, 0.2) is 76.9 Å². The normalized spacial score (nSPS) is 15.4. The number of nitrogens with one attached hydrogen (secondary N) is 1. The maximum Gasteiger partial charge on any atom is 0.277 e. The molecule has 0 aliphatic carbocycles. The molecule has 1 fully saturated rings. The van der Waals surface area contributed by atoms with Crippen molar-refractivity contribution >= 4 is 33.4 Å². The summed E-state index contributed by atoms with van der Waals surface area (Å²) in [5.74, 6) is 1.01. The SMILES string of the molecule is C[C@H](CNC(=O)C1CCN(c2nc3ccsc3c(=O)n2-c2ccccc2)CC1)c1ccccc1. The first-order chi connectivity index (χ1) is 16.6. The topological polar surface area (TPSA) is 67.2 Å².